The molecule has 25 heavy (non-hydrogen) atoms. The van der Waals surface area contributed by atoms with Gasteiger partial charge in [-0.1, -0.05) is 29.8 Å². The van der Waals surface area contributed by atoms with Gasteiger partial charge in [0.1, 0.15) is 12.7 Å². The summed E-state index contributed by atoms with van der Waals surface area (Å²) in [5.41, 5.74) is 3.51. The summed E-state index contributed by atoms with van der Waals surface area (Å²) >= 11 is 0. The Morgan fingerprint density at radius 1 is 1.08 bits per heavy atom. The van der Waals surface area contributed by atoms with Gasteiger partial charge in [-0.25, -0.2) is 22.8 Å². The molecule has 0 saturated heterocycles. The summed E-state index contributed by atoms with van der Waals surface area (Å²) in [6, 6.07) is 12.5. The predicted molar refractivity (Wildman–Crippen MR) is 96.0 cm³/mol. The molecule has 0 aliphatic carbocycles. The van der Waals surface area contributed by atoms with E-state index in [1.165, 1.54) is 6.33 Å². The molecule has 130 valence electrons. The molecular weight excluding hydrogens is 336 g/mol. The molecule has 1 aromatic heterocycles. The number of nitrogens with one attached hydrogen (secondary N) is 1. The molecule has 0 aliphatic rings. The molecule has 1 heterocycles. The predicted octanol–water partition coefficient (Wildman–Crippen LogP) is 2.92. The van der Waals surface area contributed by atoms with Gasteiger partial charge in [-0.05, 0) is 50.1 Å². The van der Waals surface area contributed by atoms with E-state index in [0.717, 1.165) is 22.4 Å². The van der Waals surface area contributed by atoms with Crippen molar-refractivity contribution in [3.63, 3.8) is 0 Å². The van der Waals surface area contributed by atoms with E-state index in [2.05, 4.69) is 14.8 Å². The maximum absolute atomic E-state index is 12.7. The van der Waals surface area contributed by atoms with Crippen LogP contribution in [0.3, 0.4) is 0 Å². The van der Waals surface area contributed by atoms with E-state index >= 15 is 0 Å². The lowest BCUT2D eigenvalue weighted by molar-refractivity contribution is 0.566. The standard InChI is InChI=1S/C18H20N4O2S/c1-13-4-9-18(14(2)10-13)25(23,24)21-15(3)16-5-7-17(8-6-16)22-12-19-11-20-22/h4-12,15,21H,1-3H3. The lowest BCUT2D eigenvalue weighted by atomic mass is 10.1. The summed E-state index contributed by atoms with van der Waals surface area (Å²) in [5, 5.41) is 4.07. The van der Waals surface area contributed by atoms with Gasteiger partial charge in [0, 0.05) is 6.04 Å². The molecular formula is C18H20N4O2S. The number of aryl methyl sites for hydroxylation is 2. The van der Waals surface area contributed by atoms with Crippen LogP contribution in [0, 0.1) is 13.8 Å². The molecule has 0 spiro atoms. The number of sulfonamides is 1. The molecule has 0 fully saturated rings. The van der Waals surface area contributed by atoms with Crippen molar-refractivity contribution in [3.05, 3.63) is 71.8 Å². The van der Waals surface area contributed by atoms with Gasteiger partial charge >= 0.3 is 0 Å². The Balaban J connectivity index is 1.80. The van der Waals surface area contributed by atoms with Gasteiger partial charge in [-0.15, -0.1) is 0 Å². The monoisotopic (exact) mass is 356 g/mol. The van der Waals surface area contributed by atoms with Crippen molar-refractivity contribution in [1.82, 2.24) is 19.5 Å². The van der Waals surface area contributed by atoms with Crippen LogP contribution in [0.5, 0.6) is 0 Å². The Hall–Kier alpha value is -2.51. The fourth-order valence-electron chi connectivity index (χ4n) is 2.72. The van der Waals surface area contributed by atoms with Crippen LogP contribution < -0.4 is 4.72 Å². The van der Waals surface area contributed by atoms with Crippen LogP contribution in [0.15, 0.2) is 60.0 Å². The van der Waals surface area contributed by atoms with Crippen LogP contribution in [0.4, 0.5) is 0 Å². The second-order valence-corrected chi connectivity index (χ2v) is 7.73. The van der Waals surface area contributed by atoms with Crippen molar-refractivity contribution < 1.29 is 8.42 Å². The minimum atomic E-state index is -3.59. The zero-order valence-electron chi connectivity index (χ0n) is 14.3. The molecule has 6 nitrogen and oxygen atoms in total. The Labute approximate surface area is 147 Å². The Morgan fingerprint density at radius 2 is 1.80 bits per heavy atom. The van der Waals surface area contributed by atoms with Gasteiger partial charge in [0.05, 0.1) is 10.6 Å². The summed E-state index contributed by atoms with van der Waals surface area (Å²) in [6.45, 7) is 5.57. The Bertz CT molecular complexity index is 965. The average molecular weight is 356 g/mol. The molecule has 0 radical (unpaired) electrons. The van der Waals surface area contributed by atoms with Crippen LogP contribution in [-0.2, 0) is 10.0 Å². The molecule has 0 amide bonds. The van der Waals surface area contributed by atoms with E-state index < -0.39 is 10.0 Å². The number of aromatic nitrogens is 3. The molecule has 3 rings (SSSR count). The van der Waals surface area contributed by atoms with Crippen molar-refractivity contribution in [3.8, 4) is 5.69 Å². The molecule has 1 unspecified atom stereocenters. The third kappa shape index (κ3) is 3.78. The zero-order chi connectivity index (χ0) is 18.0. The highest BCUT2D eigenvalue weighted by molar-refractivity contribution is 7.89. The highest BCUT2D eigenvalue weighted by atomic mass is 32.2. The quantitative estimate of drug-likeness (QED) is 0.762. The first-order chi connectivity index (χ1) is 11.9. The third-order valence-corrected chi connectivity index (χ3v) is 5.73. The van der Waals surface area contributed by atoms with Gasteiger partial charge in [-0.2, -0.15) is 5.10 Å². The van der Waals surface area contributed by atoms with Crippen LogP contribution >= 0.6 is 0 Å². The third-order valence-electron chi connectivity index (χ3n) is 4.03. The summed E-state index contributed by atoms with van der Waals surface area (Å²) in [4.78, 5) is 4.22. The first kappa shape index (κ1) is 17.3. The lowest BCUT2D eigenvalue weighted by Gasteiger charge is -2.16. The molecule has 7 heteroatoms. The minimum Gasteiger partial charge on any atom is -0.223 e. The van der Waals surface area contributed by atoms with E-state index in [-0.39, 0.29) is 6.04 Å². The number of hydrogen-bond acceptors (Lipinski definition) is 4. The van der Waals surface area contributed by atoms with Crippen LogP contribution in [-0.4, -0.2) is 23.2 Å². The van der Waals surface area contributed by atoms with E-state index in [1.807, 2.05) is 44.2 Å². The second-order valence-electron chi connectivity index (χ2n) is 6.04. The van der Waals surface area contributed by atoms with Gasteiger partial charge < -0.3 is 0 Å². The van der Waals surface area contributed by atoms with Crippen LogP contribution in [0.25, 0.3) is 5.69 Å². The first-order valence-corrected chi connectivity index (χ1v) is 9.40. The van der Waals surface area contributed by atoms with E-state index in [4.69, 9.17) is 0 Å². The average Bonchev–Trinajstić information content (AvgIpc) is 3.08. The summed E-state index contributed by atoms with van der Waals surface area (Å²) in [5.74, 6) is 0. The molecule has 3 aromatic rings. The van der Waals surface area contributed by atoms with Gasteiger partial charge in [-0.3, -0.25) is 0 Å². The molecule has 2 aromatic carbocycles. The minimum absolute atomic E-state index is 0.309. The molecule has 1 N–H and O–H groups in total. The topological polar surface area (TPSA) is 76.9 Å². The Kier molecular flexibility index (Phi) is 4.69. The zero-order valence-corrected chi connectivity index (χ0v) is 15.2. The fourth-order valence-corrected chi connectivity index (χ4v) is 4.18. The lowest BCUT2D eigenvalue weighted by Crippen LogP contribution is -2.27. The van der Waals surface area contributed by atoms with Crippen molar-refractivity contribution in [1.29, 1.82) is 0 Å². The number of rotatable bonds is 5. The summed E-state index contributed by atoms with van der Waals surface area (Å²) in [7, 11) is -3.59. The highest BCUT2D eigenvalue weighted by Crippen LogP contribution is 2.21. The normalized spacial score (nSPS) is 12.9. The Morgan fingerprint density at radius 3 is 2.40 bits per heavy atom. The maximum atomic E-state index is 12.7. The van der Waals surface area contributed by atoms with Crippen LogP contribution in [0.1, 0.15) is 29.7 Å². The summed E-state index contributed by atoms with van der Waals surface area (Å²) < 4.78 is 29.7. The van der Waals surface area contributed by atoms with Gasteiger partial charge in [0.15, 0.2) is 0 Å². The van der Waals surface area contributed by atoms with E-state index in [9.17, 15) is 8.42 Å². The second kappa shape index (κ2) is 6.78. The molecule has 1 atom stereocenters. The molecule has 0 bridgehead atoms. The molecule has 0 aliphatic heterocycles. The SMILES string of the molecule is Cc1ccc(S(=O)(=O)NC(C)c2ccc(-n3cncn3)cc2)c(C)c1. The van der Waals surface area contributed by atoms with Gasteiger partial charge in [0.25, 0.3) is 0 Å². The maximum Gasteiger partial charge on any atom is 0.241 e. The van der Waals surface area contributed by atoms with Gasteiger partial charge in [0.2, 0.25) is 10.0 Å². The van der Waals surface area contributed by atoms with Crippen molar-refractivity contribution >= 4 is 10.0 Å². The molecule has 0 saturated carbocycles. The first-order valence-electron chi connectivity index (χ1n) is 7.91. The number of hydrogen-bond donors (Lipinski definition) is 1. The largest absolute Gasteiger partial charge is 0.241 e. The smallest absolute Gasteiger partial charge is 0.223 e. The van der Waals surface area contributed by atoms with Crippen molar-refractivity contribution in [2.75, 3.05) is 0 Å². The number of benzene rings is 2. The fraction of sp³-hybridized carbons (Fsp3) is 0.222. The number of nitrogens with zero attached hydrogens (tertiary/aromatic N) is 3. The van der Waals surface area contributed by atoms with Crippen LogP contribution in [0.2, 0.25) is 0 Å². The highest BCUT2D eigenvalue weighted by Gasteiger charge is 2.20. The van der Waals surface area contributed by atoms with E-state index in [0.29, 0.717) is 4.90 Å². The van der Waals surface area contributed by atoms with E-state index in [1.54, 1.807) is 30.1 Å². The van der Waals surface area contributed by atoms with Crippen molar-refractivity contribution in [2.45, 2.75) is 31.7 Å². The van der Waals surface area contributed by atoms with Crippen molar-refractivity contribution in [2.24, 2.45) is 0 Å². The summed E-state index contributed by atoms with van der Waals surface area (Å²) in [6.07, 6.45) is 3.08.